The zero-order chi connectivity index (χ0) is 18.9. The summed E-state index contributed by atoms with van der Waals surface area (Å²) >= 11 is 7.80. The minimum Gasteiger partial charge on any atom is -0.444 e. The van der Waals surface area contributed by atoms with Crippen LogP contribution in [-0.4, -0.2) is 35.9 Å². The summed E-state index contributed by atoms with van der Waals surface area (Å²) in [5, 5.41) is 0.756. The van der Waals surface area contributed by atoms with Crippen molar-refractivity contribution < 1.29 is 9.53 Å². The van der Waals surface area contributed by atoms with Crippen LogP contribution in [0.1, 0.15) is 32.3 Å². The third-order valence-electron chi connectivity index (χ3n) is 4.39. The highest BCUT2D eigenvalue weighted by molar-refractivity contribution is 7.98. The average molecular weight is 390 g/mol. The van der Waals surface area contributed by atoms with Gasteiger partial charge in [-0.2, -0.15) is 0 Å². The molecule has 138 valence electrons. The lowest BCUT2D eigenvalue weighted by Gasteiger charge is -2.40. The monoisotopic (exact) mass is 389 g/mol. The zero-order valence-corrected chi connectivity index (χ0v) is 17.2. The molecule has 3 rings (SSSR count). The van der Waals surface area contributed by atoms with E-state index in [0.29, 0.717) is 19.0 Å². The first-order valence-corrected chi connectivity index (χ1v) is 10.3. The van der Waals surface area contributed by atoms with E-state index in [1.807, 2.05) is 32.9 Å². The number of amides is 1. The summed E-state index contributed by atoms with van der Waals surface area (Å²) in [5.41, 5.74) is 3.18. The zero-order valence-electron chi connectivity index (χ0n) is 15.6. The van der Waals surface area contributed by atoms with Gasteiger partial charge in [0.15, 0.2) is 0 Å². The molecule has 1 amide bonds. The number of carbonyl (C=O) groups is 1. The maximum absolute atomic E-state index is 12.0. The molecule has 0 spiro atoms. The molecule has 0 bridgehead atoms. The van der Waals surface area contributed by atoms with Crippen LogP contribution < -0.4 is 0 Å². The molecule has 1 aliphatic heterocycles. The number of benzene rings is 2. The molecule has 0 unspecified atom stereocenters. The number of thioether (sulfide) groups is 1. The van der Waals surface area contributed by atoms with Gasteiger partial charge in [0.25, 0.3) is 0 Å². The summed E-state index contributed by atoms with van der Waals surface area (Å²) in [6.07, 6.45) is 1.83. The maximum atomic E-state index is 12.0. The molecule has 0 N–H and O–H groups in total. The van der Waals surface area contributed by atoms with Crippen molar-refractivity contribution in [2.24, 2.45) is 0 Å². The normalized spacial score (nSPS) is 14.9. The molecule has 3 nitrogen and oxygen atoms in total. The number of likely N-dealkylation sites (tertiary alicyclic amines) is 1. The molecule has 1 aliphatic rings. The molecule has 26 heavy (non-hydrogen) atoms. The van der Waals surface area contributed by atoms with Crippen LogP contribution in [0.2, 0.25) is 5.02 Å². The highest BCUT2D eigenvalue weighted by Gasteiger charge is 2.34. The van der Waals surface area contributed by atoms with Crippen molar-refractivity contribution in [3.05, 3.63) is 53.1 Å². The van der Waals surface area contributed by atoms with Crippen LogP contribution in [0.3, 0.4) is 0 Å². The van der Waals surface area contributed by atoms with Crippen LogP contribution in [-0.2, 0) is 4.74 Å². The van der Waals surface area contributed by atoms with Crippen LogP contribution in [0.5, 0.6) is 0 Å². The highest BCUT2D eigenvalue weighted by atomic mass is 35.5. The predicted octanol–water partition coefficient (Wildman–Crippen LogP) is 6.06. The van der Waals surface area contributed by atoms with Crippen molar-refractivity contribution in [2.75, 3.05) is 19.3 Å². The van der Waals surface area contributed by atoms with Gasteiger partial charge in [-0.3, -0.25) is 0 Å². The van der Waals surface area contributed by atoms with Crippen molar-refractivity contribution in [3.8, 4) is 11.1 Å². The molecular formula is C21H24ClNO2S. The van der Waals surface area contributed by atoms with Crippen molar-refractivity contribution in [3.63, 3.8) is 0 Å². The van der Waals surface area contributed by atoms with Gasteiger partial charge in [0, 0.05) is 28.9 Å². The number of hydrogen-bond acceptors (Lipinski definition) is 3. The van der Waals surface area contributed by atoms with Crippen LogP contribution in [0.15, 0.2) is 47.4 Å². The Hall–Kier alpha value is -1.65. The van der Waals surface area contributed by atoms with E-state index < -0.39 is 5.60 Å². The number of carbonyl (C=O) groups excluding carboxylic acids is 1. The first kappa shape index (κ1) is 19.1. The number of halogens is 1. The SMILES string of the molecule is CSc1cc(Cl)ccc1-c1ccc(C2CN(C(=O)OC(C)(C)C)C2)cc1. The summed E-state index contributed by atoms with van der Waals surface area (Å²) in [6, 6.07) is 14.6. The average Bonchev–Trinajstić information content (AvgIpc) is 2.52. The largest absolute Gasteiger partial charge is 0.444 e. The molecule has 1 fully saturated rings. The standard InChI is InChI=1S/C21H24ClNO2S/c1-21(2,3)25-20(24)23-12-16(13-23)14-5-7-15(8-6-14)18-10-9-17(22)11-19(18)26-4/h5-11,16H,12-13H2,1-4H3. The van der Waals surface area contributed by atoms with E-state index in [1.54, 1.807) is 16.7 Å². The fourth-order valence-corrected chi connectivity index (χ4v) is 3.89. The molecule has 0 radical (unpaired) electrons. The second-order valence-electron chi connectivity index (χ2n) is 7.55. The lowest BCUT2D eigenvalue weighted by atomic mass is 9.90. The van der Waals surface area contributed by atoms with Gasteiger partial charge in [0.1, 0.15) is 5.60 Å². The summed E-state index contributed by atoms with van der Waals surface area (Å²) in [5.74, 6) is 0.377. The molecule has 2 aromatic carbocycles. The number of rotatable bonds is 3. The third kappa shape index (κ3) is 4.36. The van der Waals surface area contributed by atoms with Gasteiger partial charge in [-0.1, -0.05) is 41.9 Å². The molecule has 0 saturated carbocycles. The minimum absolute atomic E-state index is 0.226. The minimum atomic E-state index is -0.447. The van der Waals surface area contributed by atoms with Crippen LogP contribution in [0.4, 0.5) is 4.79 Å². The summed E-state index contributed by atoms with van der Waals surface area (Å²) in [7, 11) is 0. The van der Waals surface area contributed by atoms with Gasteiger partial charge in [-0.05, 0) is 55.9 Å². The number of hydrogen-bond donors (Lipinski definition) is 0. The number of ether oxygens (including phenoxy) is 1. The van der Waals surface area contributed by atoms with Gasteiger partial charge < -0.3 is 9.64 Å². The van der Waals surface area contributed by atoms with E-state index in [9.17, 15) is 4.79 Å². The summed E-state index contributed by atoms with van der Waals surface area (Å²) in [4.78, 5) is 15.0. The lowest BCUT2D eigenvalue weighted by molar-refractivity contribution is 0.00820. The van der Waals surface area contributed by atoms with Crippen molar-refractivity contribution in [1.29, 1.82) is 0 Å². The Balaban J connectivity index is 1.66. The van der Waals surface area contributed by atoms with Gasteiger partial charge in [-0.25, -0.2) is 4.79 Å². The van der Waals surface area contributed by atoms with E-state index in [1.165, 1.54) is 21.6 Å². The predicted molar refractivity (Wildman–Crippen MR) is 109 cm³/mol. The quantitative estimate of drug-likeness (QED) is 0.597. The van der Waals surface area contributed by atoms with E-state index in [4.69, 9.17) is 16.3 Å². The second-order valence-corrected chi connectivity index (χ2v) is 8.83. The fraction of sp³-hybridized carbons (Fsp3) is 0.381. The molecule has 0 aliphatic carbocycles. The Morgan fingerprint density at radius 2 is 1.81 bits per heavy atom. The Bertz CT molecular complexity index is 793. The van der Waals surface area contributed by atoms with Crippen molar-refractivity contribution >= 4 is 29.5 Å². The Kier molecular flexibility index (Phi) is 5.54. The van der Waals surface area contributed by atoms with E-state index in [0.717, 1.165) is 5.02 Å². The van der Waals surface area contributed by atoms with Crippen LogP contribution >= 0.6 is 23.4 Å². The highest BCUT2D eigenvalue weighted by Crippen LogP contribution is 2.34. The third-order valence-corrected chi connectivity index (χ3v) is 5.40. The summed E-state index contributed by atoms with van der Waals surface area (Å²) in [6.45, 7) is 7.10. The van der Waals surface area contributed by atoms with Crippen molar-refractivity contribution in [2.45, 2.75) is 37.2 Å². The first-order valence-electron chi connectivity index (χ1n) is 8.68. The Morgan fingerprint density at radius 1 is 1.15 bits per heavy atom. The number of nitrogens with zero attached hydrogens (tertiary/aromatic N) is 1. The fourth-order valence-electron chi connectivity index (χ4n) is 3.00. The molecular weight excluding hydrogens is 366 g/mol. The molecule has 1 heterocycles. The van der Waals surface area contributed by atoms with E-state index in [-0.39, 0.29) is 6.09 Å². The summed E-state index contributed by atoms with van der Waals surface area (Å²) < 4.78 is 5.41. The van der Waals surface area contributed by atoms with Gasteiger partial charge in [-0.15, -0.1) is 11.8 Å². The van der Waals surface area contributed by atoms with Crippen molar-refractivity contribution in [1.82, 2.24) is 4.90 Å². The van der Waals surface area contributed by atoms with Gasteiger partial charge >= 0.3 is 6.09 Å². The maximum Gasteiger partial charge on any atom is 0.410 e. The molecule has 2 aromatic rings. The van der Waals surface area contributed by atoms with Gasteiger partial charge in [0.2, 0.25) is 0 Å². The van der Waals surface area contributed by atoms with E-state index >= 15 is 0 Å². The Morgan fingerprint density at radius 3 is 2.38 bits per heavy atom. The molecule has 0 atom stereocenters. The molecule has 0 aromatic heterocycles. The van der Waals surface area contributed by atoms with Crippen LogP contribution in [0, 0.1) is 0 Å². The van der Waals surface area contributed by atoms with Crippen LogP contribution in [0.25, 0.3) is 11.1 Å². The van der Waals surface area contributed by atoms with Gasteiger partial charge in [0.05, 0.1) is 0 Å². The molecule has 5 heteroatoms. The first-order chi connectivity index (χ1) is 12.3. The second kappa shape index (κ2) is 7.53. The lowest BCUT2D eigenvalue weighted by Crippen LogP contribution is -2.50. The smallest absolute Gasteiger partial charge is 0.410 e. The Labute approximate surface area is 164 Å². The molecule has 1 saturated heterocycles. The van der Waals surface area contributed by atoms with E-state index in [2.05, 4.69) is 36.6 Å². The topological polar surface area (TPSA) is 29.5 Å².